The van der Waals surface area contributed by atoms with Crippen molar-refractivity contribution in [1.29, 1.82) is 0 Å². The highest BCUT2D eigenvalue weighted by Gasteiger charge is 2.19. The van der Waals surface area contributed by atoms with Crippen LogP contribution in [0, 0.1) is 5.92 Å². The minimum absolute atomic E-state index is 0.415. The van der Waals surface area contributed by atoms with Crippen molar-refractivity contribution in [2.24, 2.45) is 11.7 Å². The summed E-state index contributed by atoms with van der Waals surface area (Å²) in [6.45, 7) is 7.96. The van der Waals surface area contributed by atoms with E-state index in [-0.39, 0.29) is 0 Å². The molecular formula is C22H32N6. The van der Waals surface area contributed by atoms with E-state index in [9.17, 15) is 0 Å². The molecule has 3 rings (SSSR count). The molecule has 0 amide bonds. The van der Waals surface area contributed by atoms with Crippen LogP contribution in [0.25, 0.3) is 11.0 Å². The van der Waals surface area contributed by atoms with Crippen molar-refractivity contribution < 1.29 is 0 Å². The summed E-state index contributed by atoms with van der Waals surface area (Å²) in [4.78, 5) is 4.88. The number of nitrogen functional groups attached to an aromatic ring is 1. The fourth-order valence-electron chi connectivity index (χ4n) is 3.43. The van der Waals surface area contributed by atoms with Gasteiger partial charge in [-0.15, -0.1) is 5.10 Å². The lowest BCUT2D eigenvalue weighted by atomic mass is 10.1. The predicted octanol–water partition coefficient (Wildman–Crippen LogP) is 3.85. The number of nitrogens with zero attached hydrogens (tertiary/aromatic N) is 4. The van der Waals surface area contributed by atoms with Crippen LogP contribution in [0.3, 0.4) is 0 Å². The lowest BCUT2D eigenvalue weighted by molar-refractivity contribution is 0.579. The molecule has 0 atom stereocenters. The maximum Gasteiger partial charge on any atom is 0.174 e. The van der Waals surface area contributed by atoms with Crippen molar-refractivity contribution in [2.75, 3.05) is 5.73 Å². The Morgan fingerprint density at radius 1 is 1.04 bits per heavy atom. The highest BCUT2D eigenvalue weighted by molar-refractivity contribution is 5.86. The summed E-state index contributed by atoms with van der Waals surface area (Å²) in [5, 5.41) is 8.64. The molecule has 4 N–H and O–H groups in total. The van der Waals surface area contributed by atoms with Crippen molar-refractivity contribution in [3.63, 3.8) is 0 Å². The second-order valence-corrected chi connectivity index (χ2v) is 7.90. The summed E-state index contributed by atoms with van der Waals surface area (Å²) in [5.41, 5.74) is 17.1. The number of hydrogen-bond donors (Lipinski definition) is 2. The molecule has 2 heterocycles. The van der Waals surface area contributed by atoms with Gasteiger partial charge in [0, 0.05) is 19.5 Å². The molecule has 6 heteroatoms. The smallest absolute Gasteiger partial charge is 0.174 e. The lowest BCUT2D eigenvalue weighted by Gasteiger charge is -2.12. The van der Waals surface area contributed by atoms with E-state index in [1.165, 1.54) is 5.56 Å². The Morgan fingerprint density at radius 2 is 1.75 bits per heavy atom. The Hall–Kier alpha value is -2.47. The van der Waals surface area contributed by atoms with E-state index in [0.29, 0.717) is 18.3 Å². The zero-order chi connectivity index (χ0) is 20.1. The van der Waals surface area contributed by atoms with E-state index in [0.717, 1.165) is 66.8 Å². The molecule has 0 fully saturated rings. The Kier molecular flexibility index (Phi) is 6.62. The third kappa shape index (κ3) is 4.50. The van der Waals surface area contributed by atoms with Crippen LogP contribution >= 0.6 is 0 Å². The summed E-state index contributed by atoms with van der Waals surface area (Å²) in [5.74, 6) is 2.08. The standard InChI is InChI=1S/C22H32N6/c1-4-5-6-19-25-20-21(18(12-7-15(2)3)26-27-22(20)24)28(19)14-17-10-8-16(13-23)9-11-17/h8-11,15H,4-7,12-14,23H2,1-3H3,(H2,24,27). The molecule has 0 aliphatic rings. The number of unbranched alkanes of at least 4 members (excludes halogenated alkanes) is 1. The van der Waals surface area contributed by atoms with Crippen molar-refractivity contribution in [3.8, 4) is 0 Å². The van der Waals surface area contributed by atoms with Crippen LogP contribution in [0.5, 0.6) is 0 Å². The molecule has 0 bridgehead atoms. The van der Waals surface area contributed by atoms with E-state index in [2.05, 4.69) is 59.8 Å². The Morgan fingerprint density at radius 3 is 2.39 bits per heavy atom. The van der Waals surface area contributed by atoms with Gasteiger partial charge in [-0.2, -0.15) is 5.10 Å². The minimum Gasteiger partial charge on any atom is -0.380 e. The first-order chi connectivity index (χ1) is 13.5. The van der Waals surface area contributed by atoms with Gasteiger partial charge in [0.05, 0.1) is 11.2 Å². The van der Waals surface area contributed by atoms with Crippen molar-refractivity contribution in [2.45, 2.75) is 66.0 Å². The lowest BCUT2D eigenvalue weighted by Crippen LogP contribution is -2.09. The van der Waals surface area contributed by atoms with Crippen LogP contribution in [0.1, 0.15) is 62.7 Å². The maximum atomic E-state index is 6.16. The number of imidazole rings is 1. The van der Waals surface area contributed by atoms with Crippen molar-refractivity contribution >= 4 is 16.9 Å². The van der Waals surface area contributed by atoms with E-state index >= 15 is 0 Å². The highest BCUT2D eigenvalue weighted by atomic mass is 15.2. The number of benzene rings is 1. The molecule has 2 aromatic heterocycles. The van der Waals surface area contributed by atoms with E-state index < -0.39 is 0 Å². The average molecular weight is 381 g/mol. The van der Waals surface area contributed by atoms with Crippen molar-refractivity contribution in [3.05, 3.63) is 46.9 Å². The first kappa shape index (κ1) is 20.3. The second-order valence-electron chi connectivity index (χ2n) is 7.90. The molecule has 0 spiro atoms. The van der Waals surface area contributed by atoms with E-state index in [1.807, 2.05) is 0 Å². The number of fused-ring (bicyclic) bond motifs is 1. The predicted molar refractivity (Wildman–Crippen MR) is 115 cm³/mol. The molecule has 28 heavy (non-hydrogen) atoms. The van der Waals surface area contributed by atoms with Gasteiger partial charge in [0.2, 0.25) is 0 Å². The van der Waals surface area contributed by atoms with Crippen LogP contribution in [0.15, 0.2) is 24.3 Å². The minimum atomic E-state index is 0.415. The Balaban J connectivity index is 2.07. The van der Waals surface area contributed by atoms with Crippen LogP contribution < -0.4 is 11.5 Å². The molecule has 0 aliphatic heterocycles. The molecular weight excluding hydrogens is 348 g/mol. The quantitative estimate of drug-likeness (QED) is 0.588. The summed E-state index contributed by atoms with van der Waals surface area (Å²) < 4.78 is 2.29. The normalized spacial score (nSPS) is 11.6. The van der Waals surface area contributed by atoms with Crippen LogP contribution in [0.2, 0.25) is 0 Å². The molecule has 0 radical (unpaired) electrons. The molecule has 0 saturated heterocycles. The highest BCUT2D eigenvalue weighted by Crippen LogP contribution is 2.26. The van der Waals surface area contributed by atoms with Gasteiger partial charge in [0.15, 0.2) is 5.82 Å². The van der Waals surface area contributed by atoms with Crippen LogP contribution in [-0.2, 0) is 25.9 Å². The number of rotatable bonds is 9. The van der Waals surface area contributed by atoms with Crippen LogP contribution in [0.4, 0.5) is 5.82 Å². The van der Waals surface area contributed by atoms with Crippen molar-refractivity contribution in [1.82, 2.24) is 19.7 Å². The number of nitrogens with two attached hydrogens (primary N) is 2. The van der Waals surface area contributed by atoms with Crippen LogP contribution in [-0.4, -0.2) is 19.7 Å². The number of anilines is 1. The molecule has 1 aromatic carbocycles. The summed E-state index contributed by atoms with van der Waals surface area (Å²) >= 11 is 0. The topological polar surface area (TPSA) is 95.6 Å². The van der Waals surface area contributed by atoms with Gasteiger partial charge >= 0.3 is 0 Å². The molecule has 0 saturated carbocycles. The van der Waals surface area contributed by atoms with Gasteiger partial charge in [-0.05, 0) is 36.3 Å². The molecule has 0 aliphatic carbocycles. The third-order valence-electron chi connectivity index (χ3n) is 5.15. The first-order valence-corrected chi connectivity index (χ1v) is 10.3. The number of aromatic nitrogens is 4. The fraction of sp³-hybridized carbons (Fsp3) is 0.500. The third-order valence-corrected chi connectivity index (χ3v) is 5.15. The van der Waals surface area contributed by atoms with Gasteiger partial charge in [0.25, 0.3) is 0 Å². The van der Waals surface area contributed by atoms with Gasteiger partial charge in [0.1, 0.15) is 11.3 Å². The molecule has 0 unspecified atom stereocenters. The second kappa shape index (κ2) is 9.15. The molecule has 3 aromatic rings. The maximum absolute atomic E-state index is 6.16. The van der Waals surface area contributed by atoms with Gasteiger partial charge in [-0.25, -0.2) is 4.98 Å². The van der Waals surface area contributed by atoms with Gasteiger partial charge < -0.3 is 16.0 Å². The largest absolute Gasteiger partial charge is 0.380 e. The summed E-state index contributed by atoms with van der Waals surface area (Å²) in [6.07, 6.45) is 5.09. The fourth-order valence-corrected chi connectivity index (χ4v) is 3.43. The SMILES string of the molecule is CCCCc1nc2c(N)nnc(CCC(C)C)c2n1Cc1ccc(CN)cc1. The zero-order valence-electron chi connectivity index (χ0n) is 17.3. The van der Waals surface area contributed by atoms with E-state index in [1.54, 1.807) is 0 Å². The Labute approximate surface area is 167 Å². The number of hydrogen-bond acceptors (Lipinski definition) is 5. The number of aryl methyl sites for hydroxylation is 2. The zero-order valence-corrected chi connectivity index (χ0v) is 17.3. The summed E-state index contributed by atoms with van der Waals surface area (Å²) in [6, 6.07) is 8.47. The summed E-state index contributed by atoms with van der Waals surface area (Å²) in [7, 11) is 0. The molecule has 150 valence electrons. The first-order valence-electron chi connectivity index (χ1n) is 10.3. The molecule has 6 nitrogen and oxygen atoms in total. The van der Waals surface area contributed by atoms with Gasteiger partial charge in [-0.1, -0.05) is 51.5 Å². The average Bonchev–Trinajstić information content (AvgIpc) is 3.05. The van der Waals surface area contributed by atoms with E-state index in [4.69, 9.17) is 16.5 Å². The monoisotopic (exact) mass is 380 g/mol. The Bertz CT molecular complexity index is 911. The van der Waals surface area contributed by atoms with Gasteiger partial charge in [-0.3, -0.25) is 0 Å².